The minimum atomic E-state index is -3.95. The van der Waals surface area contributed by atoms with Crippen molar-refractivity contribution in [3.63, 3.8) is 0 Å². The van der Waals surface area contributed by atoms with Gasteiger partial charge in [0.25, 0.3) is 10.0 Å². The van der Waals surface area contributed by atoms with Crippen LogP contribution in [-0.4, -0.2) is 25.0 Å². The number of aliphatic carboxylic acids is 1. The highest BCUT2D eigenvalue weighted by Crippen LogP contribution is 2.52. The van der Waals surface area contributed by atoms with Crippen molar-refractivity contribution in [1.29, 1.82) is 0 Å². The van der Waals surface area contributed by atoms with E-state index < -0.39 is 21.5 Å². The number of carbonyl (C=O) groups is 1. The van der Waals surface area contributed by atoms with Crippen molar-refractivity contribution in [2.45, 2.75) is 29.0 Å². The Bertz CT molecular complexity index is 1120. The average molecular weight is 414 g/mol. The number of hydrogen-bond donors (Lipinski definition) is 2. The predicted molar refractivity (Wildman–Crippen MR) is 109 cm³/mol. The van der Waals surface area contributed by atoms with E-state index in [1.54, 1.807) is 6.07 Å². The van der Waals surface area contributed by atoms with Crippen LogP contribution in [0.3, 0.4) is 0 Å². The van der Waals surface area contributed by atoms with Gasteiger partial charge in [-0.25, -0.2) is 8.42 Å². The molecule has 1 aliphatic carbocycles. The second-order valence-electron chi connectivity index (χ2n) is 7.03. The number of carboxylic acids is 1. The Balaban J connectivity index is 1.60. The van der Waals surface area contributed by atoms with Crippen molar-refractivity contribution in [2.24, 2.45) is 0 Å². The van der Waals surface area contributed by atoms with Crippen molar-refractivity contribution in [1.82, 2.24) is 4.72 Å². The highest BCUT2D eigenvalue weighted by Gasteiger charge is 2.63. The van der Waals surface area contributed by atoms with E-state index in [0.717, 1.165) is 32.9 Å². The normalized spacial score (nSPS) is 21.4. The summed E-state index contributed by atoms with van der Waals surface area (Å²) in [6, 6.07) is 20.2. The first-order valence-corrected chi connectivity index (χ1v) is 11.1. The topological polar surface area (TPSA) is 83.5 Å². The molecule has 4 rings (SSSR count). The monoisotopic (exact) mass is 413 g/mol. The van der Waals surface area contributed by atoms with Gasteiger partial charge in [0.05, 0.1) is 0 Å². The third-order valence-electron chi connectivity index (χ3n) is 5.04. The van der Waals surface area contributed by atoms with Crippen molar-refractivity contribution < 1.29 is 18.3 Å². The summed E-state index contributed by atoms with van der Waals surface area (Å²) in [6.07, 6.45) is 0.238. The summed E-state index contributed by atoms with van der Waals surface area (Å²) in [6.45, 7) is 1.99. The number of benzene rings is 2. The molecule has 5 nitrogen and oxygen atoms in total. The van der Waals surface area contributed by atoms with Crippen LogP contribution in [0.4, 0.5) is 0 Å². The first-order chi connectivity index (χ1) is 13.3. The third kappa shape index (κ3) is 3.37. The number of rotatable bonds is 6. The van der Waals surface area contributed by atoms with Gasteiger partial charge in [0, 0.05) is 10.8 Å². The van der Waals surface area contributed by atoms with Crippen molar-refractivity contribution in [2.75, 3.05) is 0 Å². The summed E-state index contributed by atoms with van der Waals surface area (Å²) < 4.78 is 28.4. The van der Waals surface area contributed by atoms with Gasteiger partial charge in [-0.2, -0.15) is 4.72 Å². The molecule has 0 saturated heterocycles. The zero-order chi connectivity index (χ0) is 19.9. The van der Waals surface area contributed by atoms with Crippen LogP contribution in [0.25, 0.3) is 10.4 Å². The Morgan fingerprint density at radius 1 is 1.07 bits per heavy atom. The minimum Gasteiger partial charge on any atom is -0.480 e. The van der Waals surface area contributed by atoms with E-state index in [9.17, 15) is 18.3 Å². The van der Waals surface area contributed by atoms with Crippen LogP contribution in [0.15, 0.2) is 70.9 Å². The van der Waals surface area contributed by atoms with Crippen LogP contribution in [0, 0.1) is 6.92 Å². The molecule has 2 N–H and O–H groups in total. The third-order valence-corrected chi connectivity index (χ3v) is 8.18. The largest absolute Gasteiger partial charge is 0.480 e. The second kappa shape index (κ2) is 6.84. The fraction of sp³-hybridized carbons (Fsp3) is 0.190. The van der Waals surface area contributed by atoms with E-state index in [-0.39, 0.29) is 16.5 Å². The SMILES string of the molecule is Cc1ccc(-c2ccc(S(=O)(=O)NC3(C(=O)O)C[C@H]3c3ccccc3)s2)cc1. The molecule has 144 valence electrons. The molecule has 0 amide bonds. The maximum absolute atomic E-state index is 12.9. The molecule has 7 heteroatoms. The van der Waals surface area contributed by atoms with Gasteiger partial charge in [-0.15, -0.1) is 11.3 Å². The highest BCUT2D eigenvalue weighted by molar-refractivity contribution is 7.91. The summed E-state index contributed by atoms with van der Waals surface area (Å²) in [7, 11) is -3.95. The Hall–Kier alpha value is -2.48. The van der Waals surface area contributed by atoms with Gasteiger partial charge in [0.2, 0.25) is 0 Å². The fourth-order valence-corrected chi connectivity index (χ4v) is 6.09. The number of carboxylic acid groups (broad SMARTS) is 1. The zero-order valence-electron chi connectivity index (χ0n) is 15.1. The van der Waals surface area contributed by atoms with E-state index in [0.29, 0.717) is 0 Å². The molecule has 3 aromatic rings. The molecular formula is C21H19NO4S2. The molecule has 1 heterocycles. The molecule has 2 aromatic carbocycles. The Labute approximate surface area is 167 Å². The minimum absolute atomic E-state index is 0.113. The number of thiophene rings is 1. The molecule has 0 aliphatic heterocycles. The lowest BCUT2D eigenvalue weighted by molar-refractivity contribution is -0.140. The average Bonchev–Trinajstić information content (AvgIpc) is 3.17. The maximum Gasteiger partial charge on any atom is 0.325 e. The van der Waals surface area contributed by atoms with Crippen molar-refractivity contribution in [3.8, 4) is 10.4 Å². The highest BCUT2D eigenvalue weighted by atomic mass is 32.2. The fourth-order valence-electron chi connectivity index (χ4n) is 3.37. The molecular weight excluding hydrogens is 394 g/mol. The number of sulfonamides is 1. The van der Waals surface area contributed by atoms with E-state index in [1.165, 1.54) is 6.07 Å². The van der Waals surface area contributed by atoms with Gasteiger partial charge < -0.3 is 5.11 Å². The number of nitrogens with one attached hydrogen (secondary N) is 1. The quantitative estimate of drug-likeness (QED) is 0.640. The van der Waals surface area contributed by atoms with Crippen LogP contribution in [0.5, 0.6) is 0 Å². The molecule has 1 fully saturated rings. The molecule has 0 spiro atoms. The van der Waals surface area contributed by atoms with Crippen LogP contribution in [-0.2, 0) is 14.8 Å². The van der Waals surface area contributed by atoms with Crippen LogP contribution < -0.4 is 4.72 Å². The summed E-state index contributed by atoms with van der Waals surface area (Å²) in [5, 5.41) is 9.73. The summed E-state index contributed by atoms with van der Waals surface area (Å²) in [5.41, 5.74) is 1.38. The Morgan fingerprint density at radius 2 is 1.75 bits per heavy atom. The molecule has 0 radical (unpaired) electrons. The molecule has 1 aliphatic rings. The lowest BCUT2D eigenvalue weighted by atomic mass is 10.1. The molecule has 28 heavy (non-hydrogen) atoms. The van der Waals surface area contributed by atoms with E-state index in [2.05, 4.69) is 4.72 Å². The van der Waals surface area contributed by atoms with Crippen molar-refractivity contribution >= 4 is 27.3 Å². The lowest BCUT2D eigenvalue weighted by Gasteiger charge is -2.14. The summed E-state index contributed by atoms with van der Waals surface area (Å²) in [5.74, 6) is -1.53. The first kappa shape index (κ1) is 18.9. The summed E-state index contributed by atoms with van der Waals surface area (Å²) in [4.78, 5) is 12.7. The first-order valence-electron chi connectivity index (χ1n) is 8.81. The maximum atomic E-state index is 12.9. The lowest BCUT2D eigenvalue weighted by Crippen LogP contribution is -2.44. The number of aryl methyl sites for hydroxylation is 1. The standard InChI is InChI=1S/C21H19NO4S2/c1-14-7-9-16(10-8-14)18-11-12-19(27-18)28(25,26)22-21(20(23)24)13-17(21)15-5-3-2-4-6-15/h2-12,17,22H,13H2,1H3,(H,23,24)/t17-,21?/m0/s1. The Morgan fingerprint density at radius 3 is 2.39 bits per heavy atom. The van der Waals surface area contributed by atoms with Gasteiger partial charge >= 0.3 is 5.97 Å². The van der Waals surface area contributed by atoms with Crippen LogP contribution in [0.1, 0.15) is 23.5 Å². The van der Waals surface area contributed by atoms with Crippen LogP contribution >= 0.6 is 11.3 Å². The summed E-state index contributed by atoms with van der Waals surface area (Å²) >= 11 is 1.13. The smallest absolute Gasteiger partial charge is 0.325 e. The molecule has 1 aromatic heterocycles. The zero-order valence-corrected chi connectivity index (χ0v) is 16.8. The molecule has 1 saturated carbocycles. The van der Waals surface area contributed by atoms with Crippen molar-refractivity contribution in [3.05, 3.63) is 77.9 Å². The van der Waals surface area contributed by atoms with E-state index >= 15 is 0 Å². The molecule has 1 unspecified atom stereocenters. The number of hydrogen-bond acceptors (Lipinski definition) is 4. The molecule has 0 bridgehead atoms. The van der Waals surface area contributed by atoms with Gasteiger partial charge in [-0.1, -0.05) is 60.2 Å². The predicted octanol–water partition coefficient (Wildman–Crippen LogP) is 4.01. The Kier molecular flexibility index (Phi) is 4.61. The van der Waals surface area contributed by atoms with E-state index in [4.69, 9.17) is 0 Å². The van der Waals surface area contributed by atoms with Gasteiger partial charge in [-0.3, -0.25) is 4.79 Å². The van der Waals surface area contributed by atoms with Gasteiger partial charge in [0.15, 0.2) is 0 Å². The van der Waals surface area contributed by atoms with Gasteiger partial charge in [-0.05, 0) is 36.6 Å². The second-order valence-corrected chi connectivity index (χ2v) is 10.0. The van der Waals surface area contributed by atoms with E-state index in [1.807, 2.05) is 61.5 Å². The molecule has 2 atom stereocenters. The van der Waals surface area contributed by atoms with Gasteiger partial charge in [0.1, 0.15) is 9.75 Å². The van der Waals surface area contributed by atoms with Crippen LogP contribution in [0.2, 0.25) is 0 Å².